The van der Waals surface area contributed by atoms with Crippen LogP contribution < -0.4 is 4.74 Å². The third kappa shape index (κ3) is 7.79. The van der Waals surface area contributed by atoms with Gasteiger partial charge in [-0.05, 0) is 78.2 Å². The summed E-state index contributed by atoms with van der Waals surface area (Å²) in [5, 5.41) is 0.223. The minimum Gasteiger partial charge on any atom is -0.496 e. The van der Waals surface area contributed by atoms with Crippen LogP contribution in [0.2, 0.25) is 18.1 Å². The van der Waals surface area contributed by atoms with Gasteiger partial charge in [0.2, 0.25) is 0 Å². The van der Waals surface area contributed by atoms with Gasteiger partial charge >= 0.3 is 5.97 Å². The van der Waals surface area contributed by atoms with Crippen LogP contribution in [0.15, 0.2) is 48.5 Å². The van der Waals surface area contributed by atoms with Crippen molar-refractivity contribution in [1.29, 1.82) is 0 Å². The normalized spacial score (nSPS) is 15.8. The molecular formula is C31H45NO4Si. The maximum atomic E-state index is 11.5. The Bertz CT molecular complexity index is 1070. The summed E-state index contributed by atoms with van der Waals surface area (Å²) in [5.74, 6) is 0.623. The zero-order valence-corrected chi connectivity index (χ0v) is 24.8. The Hall–Kier alpha value is -2.41. The highest BCUT2D eigenvalue weighted by atomic mass is 28.4. The van der Waals surface area contributed by atoms with Gasteiger partial charge in [-0.3, -0.25) is 4.90 Å². The Labute approximate surface area is 224 Å². The van der Waals surface area contributed by atoms with Crippen LogP contribution in [-0.4, -0.2) is 53.1 Å². The standard InChI is InChI=1S/C31H45NO4Si/c1-31(2,3)37(6,7)36-22-10-20-32(21-19-25-11-8-9-12-29(25)34-4)28-17-15-26-23-24(13-16-27(26)28)14-18-30(33)35-5/h8-9,11-14,16,18,23,28H,10,15,17,19-22H2,1-7H3/b18-14+. The lowest BCUT2D eigenvalue weighted by molar-refractivity contribution is -0.134. The minimum atomic E-state index is -1.75. The molecule has 0 spiro atoms. The summed E-state index contributed by atoms with van der Waals surface area (Å²) in [5.41, 5.74) is 5.06. The largest absolute Gasteiger partial charge is 0.496 e. The second kappa shape index (κ2) is 12.9. The number of carbonyl (C=O) groups is 1. The molecule has 202 valence electrons. The fraction of sp³-hybridized carbons (Fsp3) is 0.516. The number of nitrogens with zero attached hydrogens (tertiary/aromatic N) is 1. The predicted octanol–water partition coefficient (Wildman–Crippen LogP) is 6.83. The highest BCUT2D eigenvalue weighted by Crippen LogP contribution is 2.38. The number of hydrogen-bond donors (Lipinski definition) is 0. The molecule has 0 radical (unpaired) electrons. The highest BCUT2D eigenvalue weighted by Gasteiger charge is 2.37. The van der Waals surface area contributed by atoms with Crippen LogP contribution in [-0.2, 0) is 26.8 Å². The van der Waals surface area contributed by atoms with Gasteiger partial charge in [0.1, 0.15) is 5.75 Å². The van der Waals surface area contributed by atoms with Crippen molar-refractivity contribution in [2.24, 2.45) is 0 Å². The van der Waals surface area contributed by atoms with Gasteiger partial charge in [0.05, 0.1) is 14.2 Å². The van der Waals surface area contributed by atoms with E-state index in [4.69, 9.17) is 13.9 Å². The van der Waals surface area contributed by atoms with Crippen LogP contribution in [0.5, 0.6) is 5.75 Å². The van der Waals surface area contributed by atoms with Crippen molar-refractivity contribution in [1.82, 2.24) is 4.90 Å². The molecule has 0 aromatic heterocycles. The van der Waals surface area contributed by atoms with Crippen molar-refractivity contribution in [2.45, 2.75) is 70.6 Å². The molecule has 0 heterocycles. The average Bonchev–Trinajstić information content (AvgIpc) is 3.29. The molecule has 6 heteroatoms. The summed E-state index contributed by atoms with van der Waals surface area (Å²) in [6.07, 6.45) is 7.43. The first kappa shape index (κ1) is 29.1. The number of benzene rings is 2. The van der Waals surface area contributed by atoms with E-state index in [1.54, 1.807) is 7.11 Å². The van der Waals surface area contributed by atoms with Crippen LogP contribution in [0, 0.1) is 0 Å². The van der Waals surface area contributed by atoms with Crippen LogP contribution in [0.4, 0.5) is 0 Å². The number of esters is 1. The van der Waals surface area contributed by atoms with E-state index in [2.05, 4.69) is 69.1 Å². The van der Waals surface area contributed by atoms with E-state index in [1.165, 1.54) is 29.9 Å². The maximum Gasteiger partial charge on any atom is 0.330 e. The van der Waals surface area contributed by atoms with Crippen LogP contribution in [0.25, 0.3) is 6.08 Å². The molecule has 0 amide bonds. The van der Waals surface area contributed by atoms with E-state index in [1.807, 2.05) is 18.2 Å². The maximum absolute atomic E-state index is 11.5. The second-order valence-corrected chi connectivity index (χ2v) is 16.2. The van der Waals surface area contributed by atoms with Gasteiger partial charge < -0.3 is 13.9 Å². The van der Waals surface area contributed by atoms with E-state index >= 15 is 0 Å². The fourth-order valence-corrected chi connectivity index (χ4v) is 5.83. The van der Waals surface area contributed by atoms with Gasteiger partial charge in [0, 0.05) is 31.8 Å². The molecule has 5 nitrogen and oxygen atoms in total. The van der Waals surface area contributed by atoms with Gasteiger partial charge in [-0.2, -0.15) is 0 Å². The zero-order valence-electron chi connectivity index (χ0n) is 23.8. The molecule has 1 atom stereocenters. The molecular weight excluding hydrogens is 478 g/mol. The highest BCUT2D eigenvalue weighted by molar-refractivity contribution is 6.74. The minimum absolute atomic E-state index is 0.223. The van der Waals surface area contributed by atoms with Gasteiger partial charge in [-0.25, -0.2) is 4.79 Å². The Morgan fingerprint density at radius 2 is 1.86 bits per heavy atom. The molecule has 0 N–H and O–H groups in total. The average molecular weight is 524 g/mol. The molecule has 0 saturated carbocycles. The van der Waals surface area contributed by atoms with Crippen molar-refractivity contribution in [2.75, 3.05) is 33.9 Å². The first-order valence-corrected chi connectivity index (χ1v) is 16.4. The Morgan fingerprint density at radius 3 is 2.57 bits per heavy atom. The number of hydrogen-bond acceptors (Lipinski definition) is 5. The van der Waals surface area contributed by atoms with Gasteiger partial charge in [0.15, 0.2) is 8.32 Å². The molecule has 3 rings (SSSR count). The first-order chi connectivity index (χ1) is 17.6. The number of fused-ring (bicyclic) bond motifs is 1. The lowest BCUT2D eigenvalue weighted by Crippen LogP contribution is -2.41. The lowest BCUT2D eigenvalue weighted by Gasteiger charge is -2.36. The number of aryl methyl sites for hydroxylation is 1. The molecule has 1 aliphatic rings. The Balaban J connectivity index is 1.74. The van der Waals surface area contributed by atoms with Gasteiger partial charge in [-0.15, -0.1) is 0 Å². The number of rotatable bonds is 12. The van der Waals surface area contributed by atoms with Crippen molar-refractivity contribution in [3.8, 4) is 5.75 Å². The first-order valence-electron chi connectivity index (χ1n) is 13.4. The molecule has 37 heavy (non-hydrogen) atoms. The molecule has 0 fully saturated rings. The third-order valence-electron chi connectivity index (χ3n) is 7.99. The van der Waals surface area contributed by atoms with E-state index in [9.17, 15) is 4.79 Å². The van der Waals surface area contributed by atoms with Crippen LogP contribution in [0.1, 0.15) is 61.9 Å². The van der Waals surface area contributed by atoms with Gasteiger partial charge in [0.25, 0.3) is 0 Å². The SMILES string of the molecule is COC(=O)/C=C/c1ccc2c(c1)CCC2N(CCCO[Si](C)(C)C(C)(C)C)CCc1ccccc1OC. The summed E-state index contributed by atoms with van der Waals surface area (Å²) >= 11 is 0. The van der Waals surface area contributed by atoms with E-state index in [0.29, 0.717) is 6.04 Å². The number of ether oxygens (including phenoxy) is 2. The number of carbonyl (C=O) groups excluding carboxylic acids is 1. The van der Waals surface area contributed by atoms with Crippen molar-refractivity contribution < 1.29 is 18.7 Å². The summed E-state index contributed by atoms with van der Waals surface area (Å²) in [6.45, 7) is 14.3. The quantitative estimate of drug-likeness (QED) is 0.132. The van der Waals surface area contributed by atoms with E-state index in [-0.39, 0.29) is 11.0 Å². The van der Waals surface area contributed by atoms with Crippen LogP contribution >= 0.6 is 0 Å². The zero-order chi connectivity index (χ0) is 27.1. The summed E-state index contributed by atoms with van der Waals surface area (Å²) in [4.78, 5) is 14.1. The third-order valence-corrected chi connectivity index (χ3v) is 12.5. The topological polar surface area (TPSA) is 48.0 Å². The Kier molecular flexibility index (Phi) is 10.2. The lowest BCUT2D eigenvalue weighted by atomic mass is 10.0. The Morgan fingerprint density at radius 1 is 1.11 bits per heavy atom. The van der Waals surface area contributed by atoms with E-state index in [0.717, 1.165) is 56.7 Å². The summed E-state index contributed by atoms with van der Waals surface area (Å²) in [7, 11) is 1.39. The van der Waals surface area contributed by atoms with E-state index < -0.39 is 8.32 Å². The number of methoxy groups -OCH3 is 2. The monoisotopic (exact) mass is 523 g/mol. The molecule has 0 bridgehead atoms. The number of para-hydroxylation sites is 1. The smallest absolute Gasteiger partial charge is 0.330 e. The molecule has 0 saturated heterocycles. The van der Waals surface area contributed by atoms with Crippen molar-refractivity contribution in [3.63, 3.8) is 0 Å². The van der Waals surface area contributed by atoms with Crippen LogP contribution in [0.3, 0.4) is 0 Å². The molecule has 0 aliphatic heterocycles. The fourth-order valence-electron chi connectivity index (χ4n) is 4.74. The van der Waals surface area contributed by atoms with Crippen molar-refractivity contribution >= 4 is 20.4 Å². The van der Waals surface area contributed by atoms with Gasteiger partial charge in [-0.1, -0.05) is 57.2 Å². The summed E-state index contributed by atoms with van der Waals surface area (Å²) in [6, 6.07) is 15.3. The molecule has 1 aliphatic carbocycles. The predicted molar refractivity (Wildman–Crippen MR) is 155 cm³/mol. The van der Waals surface area contributed by atoms with Crippen molar-refractivity contribution in [3.05, 3.63) is 70.8 Å². The second-order valence-electron chi connectivity index (χ2n) is 11.4. The molecule has 2 aromatic carbocycles. The summed E-state index contributed by atoms with van der Waals surface area (Å²) < 4.78 is 16.8. The molecule has 2 aromatic rings. The molecule has 1 unspecified atom stereocenters.